The zero-order chi connectivity index (χ0) is 15.6. The lowest BCUT2D eigenvalue weighted by molar-refractivity contribution is -0.137. The number of carboxylic acids is 1. The molecule has 0 saturated carbocycles. The number of alkyl halides is 3. The van der Waals surface area contributed by atoms with Gasteiger partial charge in [-0.2, -0.15) is 13.2 Å². The van der Waals surface area contributed by atoms with Gasteiger partial charge in [-0.15, -0.1) is 0 Å². The van der Waals surface area contributed by atoms with Gasteiger partial charge in [-0.3, -0.25) is 0 Å². The van der Waals surface area contributed by atoms with Gasteiger partial charge in [0.2, 0.25) is 5.76 Å². The standard InChI is InChI=1S/C12H6F3NO5/c13-12(14,15)6-1-3-7(4-2-6)20-11(19)9-5-8(10(17)18)16-21-9/h1-5H,(H,17,18). The van der Waals surface area contributed by atoms with Crippen molar-refractivity contribution >= 4 is 11.9 Å². The van der Waals surface area contributed by atoms with Crippen molar-refractivity contribution in [2.75, 3.05) is 0 Å². The lowest BCUT2D eigenvalue weighted by atomic mass is 10.2. The van der Waals surface area contributed by atoms with E-state index in [4.69, 9.17) is 9.84 Å². The second-order valence-electron chi connectivity index (χ2n) is 3.79. The van der Waals surface area contributed by atoms with Gasteiger partial charge in [0.15, 0.2) is 5.69 Å². The molecule has 0 amide bonds. The Hall–Kier alpha value is -2.84. The molecule has 0 fully saturated rings. The number of carbonyl (C=O) groups is 2. The van der Waals surface area contributed by atoms with Crippen LogP contribution in [0.15, 0.2) is 34.9 Å². The molecule has 6 nitrogen and oxygen atoms in total. The Morgan fingerprint density at radius 2 is 1.81 bits per heavy atom. The van der Waals surface area contributed by atoms with Crippen LogP contribution in [0.1, 0.15) is 26.6 Å². The van der Waals surface area contributed by atoms with Crippen LogP contribution in [0, 0.1) is 0 Å². The number of ether oxygens (including phenoxy) is 1. The second kappa shape index (κ2) is 5.27. The molecule has 0 radical (unpaired) electrons. The third-order valence-corrected chi connectivity index (χ3v) is 2.32. The van der Waals surface area contributed by atoms with Crippen molar-refractivity contribution in [1.82, 2.24) is 5.16 Å². The fraction of sp³-hybridized carbons (Fsp3) is 0.0833. The highest BCUT2D eigenvalue weighted by Gasteiger charge is 2.30. The van der Waals surface area contributed by atoms with Gasteiger partial charge in [0.05, 0.1) is 5.56 Å². The van der Waals surface area contributed by atoms with E-state index in [-0.39, 0.29) is 5.75 Å². The van der Waals surface area contributed by atoms with Crippen molar-refractivity contribution in [2.45, 2.75) is 6.18 Å². The van der Waals surface area contributed by atoms with E-state index in [1.54, 1.807) is 0 Å². The van der Waals surface area contributed by atoms with Crippen molar-refractivity contribution in [3.8, 4) is 5.75 Å². The molecule has 0 bridgehead atoms. The molecule has 1 aromatic heterocycles. The minimum absolute atomic E-state index is 0.152. The maximum atomic E-state index is 12.3. The summed E-state index contributed by atoms with van der Waals surface area (Å²) in [5.41, 5.74) is -1.38. The minimum Gasteiger partial charge on any atom is -0.476 e. The Bertz CT molecular complexity index is 675. The molecular weight excluding hydrogens is 295 g/mol. The van der Waals surface area contributed by atoms with E-state index in [9.17, 15) is 22.8 Å². The quantitative estimate of drug-likeness (QED) is 0.692. The zero-order valence-corrected chi connectivity index (χ0v) is 10.0. The molecule has 0 spiro atoms. The maximum Gasteiger partial charge on any atom is 0.416 e. The average Bonchev–Trinajstić information content (AvgIpc) is 2.88. The highest BCUT2D eigenvalue weighted by molar-refractivity contribution is 5.92. The molecule has 9 heteroatoms. The molecule has 0 aliphatic heterocycles. The number of rotatable bonds is 3. The first-order chi connectivity index (χ1) is 9.77. The number of nitrogens with zero attached hydrogens (tertiary/aromatic N) is 1. The van der Waals surface area contributed by atoms with E-state index in [1.165, 1.54) is 0 Å². The summed E-state index contributed by atoms with van der Waals surface area (Å²) < 4.78 is 46.2. The van der Waals surface area contributed by atoms with Crippen LogP contribution in [0.2, 0.25) is 0 Å². The molecular formula is C12H6F3NO5. The van der Waals surface area contributed by atoms with Crippen LogP contribution in [-0.4, -0.2) is 22.2 Å². The smallest absolute Gasteiger partial charge is 0.416 e. The van der Waals surface area contributed by atoms with Crippen LogP contribution in [-0.2, 0) is 6.18 Å². The SMILES string of the molecule is O=C(O)c1cc(C(=O)Oc2ccc(C(F)(F)F)cc2)on1. The molecule has 0 aliphatic carbocycles. The summed E-state index contributed by atoms with van der Waals surface area (Å²) in [6.45, 7) is 0. The highest BCUT2D eigenvalue weighted by atomic mass is 19.4. The maximum absolute atomic E-state index is 12.3. The highest BCUT2D eigenvalue weighted by Crippen LogP contribution is 2.30. The van der Waals surface area contributed by atoms with Crippen LogP contribution in [0.3, 0.4) is 0 Å². The van der Waals surface area contributed by atoms with E-state index < -0.39 is 35.1 Å². The fourth-order valence-electron chi connectivity index (χ4n) is 1.34. The van der Waals surface area contributed by atoms with Crippen molar-refractivity contribution in [3.63, 3.8) is 0 Å². The summed E-state index contributed by atoms with van der Waals surface area (Å²) in [5.74, 6) is -3.10. The van der Waals surface area contributed by atoms with Crippen molar-refractivity contribution in [1.29, 1.82) is 0 Å². The predicted molar refractivity (Wildman–Crippen MR) is 59.9 cm³/mol. The number of carbonyl (C=O) groups excluding carboxylic acids is 1. The van der Waals surface area contributed by atoms with E-state index >= 15 is 0 Å². The van der Waals surface area contributed by atoms with Crippen LogP contribution < -0.4 is 4.74 Å². The first-order valence-corrected chi connectivity index (χ1v) is 5.37. The van der Waals surface area contributed by atoms with Gasteiger partial charge in [0, 0.05) is 6.07 Å². The summed E-state index contributed by atoms with van der Waals surface area (Å²) >= 11 is 0. The molecule has 0 aliphatic rings. The van der Waals surface area contributed by atoms with Crippen molar-refractivity contribution in [2.24, 2.45) is 0 Å². The van der Waals surface area contributed by atoms with E-state index in [2.05, 4.69) is 9.68 Å². The van der Waals surface area contributed by atoms with Gasteiger partial charge in [0.1, 0.15) is 5.75 Å². The summed E-state index contributed by atoms with van der Waals surface area (Å²) in [6.07, 6.45) is -4.50. The Morgan fingerprint density at radius 1 is 1.19 bits per heavy atom. The van der Waals surface area contributed by atoms with Gasteiger partial charge in [-0.25, -0.2) is 9.59 Å². The topological polar surface area (TPSA) is 89.6 Å². The summed E-state index contributed by atoms with van der Waals surface area (Å²) in [4.78, 5) is 22.1. The van der Waals surface area contributed by atoms with E-state index in [0.717, 1.165) is 30.3 Å². The fourth-order valence-corrected chi connectivity index (χ4v) is 1.34. The van der Waals surface area contributed by atoms with Gasteiger partial charge < -0.3 is 14.4 Å². The molecule has 110 valence electrons. The molecule has 1 heterocycles. The van der Waals surface area contributed by atoms with E-state index in [1.807, 2.05) is 0 Å². The Kier molecular flexibility index (Phi) is 3.66. The Morgan fingerprint density at radius 3 is 2.29 bits per heavy atom. The van der Waals surface area contributed by atoms with Gasteiger partial charge >= 0.3 is 18.1 Å². The first-order valence-electron chi connectivity index (χ1n) is 5.37. The molecule has 0 saturated heterocycles. The van der Waals surface area contributed by atoms with E-state index in [0.29, 0.717) is 0 Å². The number of benzene rings is 1. The van der Waals surface area contributed by atoms with Gasteiger partial charge in [0.25, 0.3) is 0 Å². The first kappa shape index (κ1) is 14.6. The lowest BCUT2D eigenvalue weighted by Gasteiger charge is -2.07. The molecule has 0 atom stereocenters. The number of carboxylic acid groups (broad SMARTS) is 1. The zero-order valence-electron chi connectivity index (χ0n) is 10.0. The van der Waals surface area contributed by atoms with Crippen molar-refractivity contribution < 1.29 is 37.1 Å². The average molecular weight is 301 g/mol. The minimum atomic E-state index is -4.50. The third-order valence-electron chi connectivity index (χ3n) is 2.32. The monoisotopic (exact) mass is 301 g/mol. The number of halogens is 3. The number of hydrogen-bond donors (Lipinski definition) is 1. The molecule has 0 unspecified atom stereocenters. The number of hydrogen-bond acceptors (Lipinski definition) is 5. The van der Waals surface area contributed by atoms with Crippen molar-refractivity contribution in [3.05, 3.63) is 47.3 Å². The largest absolute Gasteiger partial charge is 0.476 e. The number of aromatic nitrogens is 1. The normalized spacial score (nSPS) is 11.2. The van der Waals surface area contributed by atoms with Crippen LogP contribution >= 0.6 is 0 Å². The number of aromatic carboxylic acids is 1. The van der Waals surface area contributed by atoms with Crippen LogP contribution in [0.4, 0.5) is 13.2 Å². The van der Waals surface area contributed by atoms with Crippen LogP contribution in [0.25, 0.3) is 0 Å². The summed E-state index contributed by atoms with van der Waals surface area (Å²) in [7, 11) is 0. The molecule has 1 aromatic carbocycles. The van der Waals surface area contributed by atoms with Crippen LogP contribution in [0.5, 0.6) is 5.75 Å². The summed E-state index contributed by atoms with van der Waals surface area (Å²) in [6, 6.07) is 4.23. The summed E-state index contributed by atoms with van der Waals surface area (Å²) in [5, 5.41) is 11.7. The number of esters is 1. The third kappa shape index (κ3) is 3.38. The lowest BCUT2D eigenvalue weighted by Crippen LogP contribution is -2.08. The predicted octanol–water partition coefficient (Wildman–Crippen LogP) is 2.61. The Balaban J connectivity index is 2.10. The van der Waals surface area contributed by atoms with Gasteiger partial charge in [-0.05, 0) is 24.3 Å². The molecule has 2 aromatic rings. The Labute approximate surface area is 114 Å². The molecule has 2 rings (SSSR count). The molecule has 1 N–H and O–H groups in total. The second-order valence-corrected chi connectivity index (χ2v) is 3.79. The molecule has 21 heavy (non-hydrogen) atoms. The van der Waals surface area contributed by atoms with Gasteiger partial charge in [-0.1, -0.05) is 5.16 Å².